The number of carbonyl (C=O) groups excluding carboxylic acids is 3. The number of halogens is 1. The number of hydrogen-bond acceptors (Lipinski definition) is 7. The van der Waals surface area contributed by atoms with Crippen LogP contribution in [0.3, 0.4) is 0 Å². The Balaban J connectivity index is 1.55. The number of benzene rings is 3. The van der Waals surface area contributed by atoms with Crippen LogP contribution in [0.4, 0.5) is 4.79 Å². The van der Waals surface area contributed by atoms with Crippen molar-refractivity contribution in [1.29, 1.82) is 0 Å². The van der Waals surface area contributed by atoms with Crippen molar-refractivity contribution in [2.75, 3.05) is 20.8 Å². The van der Waals surface area contributed by atoms with Crippen molar-refractivity contribution in [3.05, 3.63) is 74.2 Å². The number of rotatable bonds is 7. The van der Waals surface area contributed by atoms with Crippen molar-refractivity contribution in [2.24, 2.45) is 0 Å². The molecule has 0 aliphatic carbocycles. The molecule has 0 radical (unpaired) electrons. The zero-order valence-electron chi connectivity index (χ0n) is 18.4. The summed E-state index contributed by atoms with van der Waals surface area (Å²) in [6.45, 7) is -0.0517. The Hall–Kier alpha value is -3.05. The van der Waals surface area contributed by atoms with Gasteiger partial charge < -0.3 is 14.2 Å². The number of imide groups is 1. The highest BCUT2D eigenvalue weighted by Gasteiger charge is 2.35. The van der Waals surface area contributed by atoms with E-state index in [0.29, 0.717) is 25.5 Å². The molecule has 9 heteroatoms. The lowest BCUT2D eigenvalue weighted by atomic mass is 10.1. The standard InChI is InChI=1S/C25H20INO6S/c1-31-20-11-16(10-19(26)23(20)33-14-22(28)32-2)12-21-24(29)27(25(30)34-21)13-15-7-8-17-5-3-4-6-18(17)9-15/h3-12H,13-14H2,1-2H3/b21-12+. The Morgan fingerprint density at radius 1 is 1.06 bits per heavy atom. The molecule has 174 valence electrons. The van der Waals surface area contributed by atoms with Gasteiger partial charge in [0.05, 0.1) is 29.2 Å². The maximum atomic E-state index is 13.0. The van der Waals surface area contributed by atoms with Crippen LogP contribution in [-0.4, -0.2) is 42.8 Å². The zero-order valence-corrected chi connectivity index (χ0v) is 21.3. The molecule has 2 amide bonds. The smallest absolute Gasteiger partial charge is 0.343 e. The summed E-state index contributed by atoms with van der Waals surface area (Å²) in [5.74, 6) is -0.0577. The molecule has 0 aromatic heterocycles. The third-order valence-electron chi connectivity index (χ3n) is 5.14. The van der Waals surface area contributed by atoms with Crippen LogP contribution < -0.4 is 9.47 Å². The summed E-state index contributed by atoms with van der Waals surface area (Å²) in [5.41, 5.74) is 1.55. The van der Waals surface area contributed by atoms with Crippen LogP contribution in [0.2, 0.25) is 0 Å². The van der Waals surface area contributed by atoms with Crippen LogP contribution in [0.1, 0.15) is 11.1 Å². The van der Waals surface area contributed by atoms with Crippen molar-refractivity contribution in [3.8, 4) is 11.5 Å². The number of amides is 2. The molecule has 0 bridgehead atoms. The Kier molecular flexibility index (Phi) is 7.42. The predicted octanol–water partition coefficient (Wildman–Crippen LogP) is 5.24. The molecule has 1 fully saturated rings. The second-order valence-electron chi connectivity index (χ2n) is 7.35. The fourth-order valence-electron chi connectivity index (χ4n) is 3.46. The van der Waals surface area contributed by atoms with Crippen molar-refractivity contribution in [1.82, 2.24) is 4.90 Å². The van der Waals surface area contributed by atoms with E-state index in [9.17, 15) is 14.4 Å². The Bertz CT molecular complexity index is 1320. The first-order valence-corrected chi connectivity index (χ1v) is 12.1. The largest absolute Gasteiger partial charge is 0.493 e. The van der Waals surface area contributed by atoms with Gasteiger partial charge in [0.15, 0.2) is 18.1 Å². The molecule has 0 atom stereocenters. The van der Waals surface area contributed by atoms with Gasteiger partial charge in [0.1, 0.15) is 0 Å². The number of carbonyl (C=O) groups is 3. The van der Waals surface area contributed by atoms with E-state index < -0.39 is 5.97 Å². The third kappa shape index (κ3) is 5.20. The fourth-order valence-corrected chi connectivity index (χ4v) is 5.08. The van der Waals surface area contributed by atoms with E-state index in [0.717, 1.165) is 28.1 Å². The number of ether oxygens (including phenoxy) is 3. The molecule has 0 N–H and O–H groups in total. The molecule has 4 rings (SSSR count). The van der Waals surface area contributed by atoms with Gasteiger partial charge in [0.2, 0.25) is 0 Å². The van der Waals surface area contributed by atoms with Crippen molar-refractivity contribution in [3.63, 3.8) is 0 Å². The lowest BCUT2D eigenvalue weighted by Crippen LogP contribution is -2.27. The highest BCUT2D eigenvalue weighted by Crippen LogP contribution is 2.37. The molecule has 3 aromatic carbocycles. The number of esters is 1. The molecule has 0 saturated carbocycles. The minimum absolute atomic E-state index is 0.202. The summed E-state index contributed by atoms with van der Waals surface area (Å²) < 4.78 is 16.2. The maximum Gasteiger partial charge on any atom is 0.343 e. The van der Waals surface area contributed by atoms with E-state index in [-0.39, 0.29) is 24.3 Å². The van der Waals surface area contributed by atoms with E-state index in [1.54, 1.807) is 18.2 Å². The summed E-state index contributed by atoms with van der Waals surface area (Å²) in [7, 11) is 2.77. The lowest BCUT2D eigenvalue weighted by Gasteiger charge is -2.13. The molecule has 0 unspecified atom stereocenters. The van der Waals surface area contributed by atoms with E-state index in [1.165, 1.54) is 19.1 Å². The Morgan fingerprint density at radius 2 is 1.82 bits per heavy atom. The lowest BCUT2D eigenvalue weighted by molar-refractivity contribution is -0.143. The second-order valence-corrected chi connectivity index (χ2v) is 9.50. The van der Waals surface area contributed by atoms with E-state index >= 15 is 0 Å². The summed E-state index contributed by atoms with van der Waals surface area (Å²) in [4.78, 5) is 38.6. The van der Waals surface area contributed by atoms with Gasteiger partial charge in [-0.3, -0.25) is 14.5 Å². The number of thioether (sulfide) groups is 1. The molecule has 7 nitrogen and oxygen atoms in total. The normalized spacial score (nSPS) is 14.7. The van der Waals surface area contributed by atoms with Crippen molar-refractivity contribution >= 4 is 68.3 Å². The van der Waals surface area contributed by atoms with Crippen LogP contribution >= 0.6 is 34.4 Å². The minimum atomic E-state index is -0.512. The van der Waals surface area contributed by atoms with Crippen LogP contribution in [-0.2, 0) is 20.9 Å². The average Bonchev–Trinajstić information content (AvgIpc) is 3.09. The Labute approximate surface area is 214 Å². The molecule has 1 saturated heterocycles. The first kappa shape index (κ1) is 24.1. The van der Waals surface area contributed by atoms with Crippen LogP contribution in [0, 0.1) is 3.57 Å². The quantitative estimate of drug-likeness (QED) is 0.212. The van der Waals surface area contributed by atoms with Gasteiger partial charge in [0, 0.05) is 0 Å². The number of nitrogens with zero attached hydrogens (tertiary/aromatic N) is 1. The molecular weight excluding hydrogens is 569 g/mol. The van der Waals surface area contributed by atoms with Gasteiger partial charge >= 0.3 is 5.97 Å². The van der Waals surface area contributed by atoms with E-state index in [4.69, 9.17) is 9.47 Å². The summed E-state index contributed by atoms with van der Waals surface area (Å²) in [6, 6.07) is 17.3. The first-order valence-electron chi connectivity index (χ1n) is 10.2. The Morgan fingerprint density at radius 3 is 2.56 bits per heavy atom. The minimum Gasteiger partial charge on any atom is -0.493 e. The maximum absolute atomic E-state index is 13.0. The summed E-state index contributed by atoms with van der Waals surface area (Å²) in [5, 5.41) is 1.84. The van der Waals surface area contributed by atoms with Gasteiger partial charge in [-0.25, -0.2) is 4.79 Å². The highest BCUT2D eigenvalue weighted by atomic mass is 127. The molecule has 3 aromatic rings. The molecule has 1 heterocycles. The monoisotopic (exact) mass is 589 g/mol. The van der Waals surface area contributed by atoms with Crippen LogP contribution in [0.5, 0.6) is 11.5 Å². The molecule has 0 spiro atoms. The summed E-state index contributed by atoms with van der Waals surface area (Å²) >= 11 is 2.96. The molecule has 1 aliphatic rings. The van der Waals surface area contributed by atoms with Crippen molar-refractivity contribution in [2.45, 2.75) is 6.54 Å². The zero-order chi connectivity index (χ0) is 24.2. The van der Waals surface area contributed by atoms with Crippen LogP contribution in [0.15, 0.2) is 59.5 Å². The van der Waals surface area contributed by atoms with E-state index in [1.807, 2.05) is 42.5 Å². The van der Waals surface area contributed by atoms with E-state index in [2.05, 4.69) is 27.3 Å². The molecular formula is C25H20INO6S. The topological polar surface area (TPSA) is 82.1 Å². The number of fused-ring (bicyclic) bond motifs is 1. The first-order chi connectivity index (χ1) is 16.4. The number of hydrogen-bond donors (Lipinski definition) is 0. The third-order valence-corrected chi connectivity index (χ3v) is 6.85. The van der Waals surface area contributed by atoms with Gasteiger partial charge in [-0.05, 0) is 80.5 Å². The predicted molar refractivity (Wildman–Crippen MR) is 139 cm³/mol. The van der Waals surface area contributed by atoms with Crippen molar-refractivity contribution < 1.29 is 28.6 Å². The molecule has 1 aliphatic heterocycles. The molecule has 34 heavy (non-hydrogen) atoms. The fraction of sp³-hybridized carbons (Fsp3) is 0.160. The van der Waals surface area contributed by atoms with Gasteiger partial charge in [-0.1, -0.05) is 36.4 Å². The van der Waals surface area contributed by atoms with Crippen LogP contribution in [0.25, 0.3) is 16.8 Å². The number of methoxy groups -OCH3 is 2. The highest BCUT2D eigenvalue weighted by molar-refractivity contribution is 14.1. The van der Waals surface area contributed by atoms with Gasteiger partial charge in [-0.2, -0.15) is 0 Å². The summed E-state index contributed by atoms with van der Waals surface area (Å²) in [6.07, 6.45) is 1.65. The average molecular weight is 589 g/mol. The SMILES string of the molecule is COC(=O)COc1c(I)cc(/C=C2/SC(=O)N(Cc3ccc4ccccc4c3)C2=O)cc1OC. The van der Waals surface area contributed by atoms with Gasteiger partial charge in [0.25, 0.3) is 11.1 Å². The van der Waals surface area contributed by atoms with Gasteiger partial charge in [-0.15, -0.1) is 0 Å². The second kappa shape index (κ2) is 10.5.